The highest BCUT2D eigenvalue weighted by molar-refractivity contribution is 5.96. The van der Waals surface area contributed by atoms with Crippen molar-refractivity contribution in [1.82, 2.24) is 0 Å². The average Bonchev–Trinajstić information content (AvgIpc) is 2.45. The number of hydrogen-bond donors (Lipinski definition) is 1. The Morgan fingerprint density at radius 1 is 1.25 bits per heavy atom. The molecule has 102 valence electrons. The SMILES string of the molecule is C=CCN(CC=C)c1ccc(C=C(C#N)C(=O)O)cc1. The Bertz CT molecular complexity index is 555. The van der Waals surface area contributed by atoms with E-state index in [-0.39, 0.29) is 5.57 Å². The second kappa shape index (κ2) is 7.59. The molecule has 0 atom stereocenters. The molecule has 4 heteroatoms. The van der Waals surface area contributed by atoms with Crippen molar-refractivity contribution in [2.75, 3.05) is 18.0 Å². The van der Waals surface area contributed by atoms with E-state index in [2.05, 4.69) is 18.1 Å². The molecule has 0 bridgehead atoms. The second-order valence-electron chi connectivity index (χ2n) is 4.05. The van der Waals surface area contributed by atoms with Crippen LogP contribution >= 0.6 is 0 Å². The molecule has 0 aromatic heterocycles. The van der Waals surface area contributed by atoms with Crippen molar-refractivity contribution in [2.24, 2.45) is 0 Å². The maximum absolute atomic E-state index is 10.8. The van der Waals surface area contributed by atoms with Crippen molar-refractivity contribution in [3.63, 3.8) is 0 Å². The Balaban J connectivity index is 2.98. The van der Waals surface area contributed by atoms with E-state index >= 15 is 0 Å². The van der Waals surface area contributed by atoms with Crippen LogP contribution < -0.4 is 4.90 Å². The van der Waals surface area contributed by atoms with E-state index in [1.54, 1.807) is 30.4 Å². The Kier molecular flexibility index (Phi) is 5.79. The molecule has 1 N–H and O–H groups in total. The average molecular weight is 268 g/mol. The van der Waals surface area contributed by atoms with E-state index < -0.39 is 5.97 Å². The molecule has 1 aromatic carbocycles. The first-order valence-electron chi connectivity index (χ1n) is 6.04. The predicted octanol–water partition coefficient (Wildman–Crippen LogP) is 2.86. The van der Waals surface area contributed by atoms with Gasteiger partial charge in [-0.3, -0.25) is 0 Å². The molecule has 0 saturated heterocycles. The van der Waals surface area contributed by atoms with Crippen LogP contribution in [0.15, 0.2) is 55.1 Å². The number of nitrogens with zero attached hydrogens (tertiary/aromatic N) is 2. The number of carbonyl (C=O) groups is 1. The van der Waals surface area contributed by atoms with E-state index in [4.69, 9.17) is 10.4 Å². The van der Waals surface area contributed by atoms with Crippen molar-refractivity contribution in [2.45, 2.75) is 0 Å². The molecule has 0 spiro atoms. The molecule has 0 aliphatic rings. The Morgan fingerprint density at radius 3 is 2.20 bits per heavy atom. The van der Waals surface area contributed by atoms with Crippen LogP contribution in [0.4, 0.5) is 5.69 Å². The summed E-state index contributed by atoms with van der Waals surface area (Å²) in [6, 6.07) is 8.94. The molecule has 0 heterocycles. The summed E-state index contributed by atoms with van der Waals surface area (Å²) in [4.78, 5) is 12.8. The highest BCUT2D eigenvalue weighted by Gasteiger charge is 2.06. The smallest absolute Gasteiger partial charge is 0.346 e. The van der Waals surface area contributed by atoms with Crippen molar-refractivity contribution < 1.29 is 9.90 Å². The van der Waals surface area contributed by atoms with Crippen LogP contribution in [0.5, 0.6) is 0 Å². The normalized spacial score (nSPS) is 10.4. The fraction of sp³-hybridized carbons (Fsp3) is 0.125. The summed E-state index contributed by atoms with van der Waals surface area (Å²) in [6.07, 6.45) is 4.95. The number of anilines is 1. The maximum atomic E-state index is 10.8. The molecule has 0 aliphatic carbocycles. The van der Waals surface area contributed by atoms with Crippen LogP contribution in [0.25, 0.3) is 6.08 Å². The molecular weight excluding hydrogens is 252 g/mol. The lowest BCUT2D eigenvalue weighted by molar-refractivity contribution is -0.132. The van der Waals surface area contributed by atoms with Gasteiger partial charge in [-0.25, -0.2) is 4.79 Å². The molecule has 0 fully saturated rings. The van der Waals surface area contributed by atoms with Crippen molar-refractivity contribution in [1.29, 1.82) is 5.26 Å². The van der Waals surface area contributed by atoms with Crippen molar-refractivity contribution in [3.05, 3.63) is 60.7 Å². The van der Waals surface area contributed by atoms with Gasteiger partial charge in [0, 0.05) is 18.8 Å². The summed E-state index contributed by atoms with van der Waals surface area (Å²) >= 11 is 0. The van der Waals surface area contributed by atoms with Gasteiger partial charge in [0.1, 0.15) is 11.6 Å². The number of carboxylic acids is 1. The molecule has 1 aromatic rings. The quantitative estimate of drug-likeness (QED) is 0.469. The monoisotopic (exact) mass is 268 g/mol. The van der Waals surface area contributed by atoms with Gasteiger partial charge < -0.3 is 10.0 Å². The van der Waals surface area contributed by atoms with Gasteiger partial charge in [0.15, 0.2) is 0 Å². The summed E-state index contributed by atoms with van der Waals surface area (Å²) in [6.45, 7) is 8.81. The molecule has 20 heavy (non-hydrogen) atoms. The first-order chi connectivity index (χ1) is 9.62. The van der Waals surface area contributed by atoms with Crippen molar-refractivity contribution >= 4 is 17.7 Å². The van der Waals surface area contributed by atoms with Gasteiger partial charge in [-0.1, -0.05) is 24.3 Å². The molecule has 4 nitrogen and oxygen atoms in total. The Hall–Kier alpha value is -2.80. The number of rotatable bonds is 7. The van der Waals surface area contributed by atoms with Gasteiger partial charge in [0.25, 0.3) is 0 Å². The number of aliphatic carboxylic acids is 1. The largest absolute Gasteiger partial charge is 0.477 e. The minimum absolute atomic E-state index is 0.285. The van der Waals surface area contributed by atoms with Gasteiger partial charge >= 0.3 is 5.97 Å². The third kappa shape index (κ3) is 4.14. The van der Waals surface area contributed by atoms with Gasteiger partial charge in [-0.15, -0.1) is 13.2 Å². The third-order valence-corrected chi connectivity index (χ3v) is 2.62. The van der Waals surface area contributed by atoms with E-state index in [0.29, 0.717) is 18.7 Å². The molecule has 0 radical (unpaired) electrons. The lowest BCUT2D eigenvalue weighted by atomic mass is 10.1. The van der Waals surface area contributed by atoms with E-state index in [9.17, 15) is 4.79 Å². The van der Waals surface area contributed by atoms with Gasteiger partial charge in [0.2, 0.25) is 0 Å². The highest BCUT2D eigenvalue weighted by atomic mass is 16.4. The zero-order valence-electron chi connectivity index (χ0n) is 11.1. The van der Waals surface area contributed by atoms with Crippen molar-refractivity contribution in [3.8, 4) is 6.07 Å². The summed E-state index contributed by atoms with van der Waals surface area (Å²) in [5.74, 6) is -1.23. The lowest BCUT2D eigenvalue weighted by Gasteiger charge is -2.21. The zero-order chi connectivity index (χ0) is 15.0. The van der Waals surface area contributed by atoms with Crippen LogP contribution in [0.1, 0.15) is 5.56 Å². The standard InChI is InChI=1S/C16H16N2O2/c1-3-9-18(10-4-2)15-7-5-13(6-8-15)11-14(12-17)16(19)20/h3-8,11H,1-2,9-10H2,(H,19,20). The fourth-order valence-corrected chi connectivity index (χ4v) is 1.69. The molecule has 0 unspecified atom stereocenters. The summed E-state index contributed by atoms with van der Waals surface area (Å²) in [7, 11) is 0. The minimum atomic E-state index is -1.23. The van der Waals surface area contributed by atoms with E-state index in [1.807, 2.05) is 12.1 Å². The highest BCUT2D eigenvalue weighted by Crippen LogP contribution is 2.17. The van der Waals surface area contributed by atoms with Crippen LogP contribution in [0.2, 0.25) is 0 Å². The van der Waals surface area contributed by atoms with E-state index in [0.717, 1.165) is 5.69 Å². The summed E-state index contributed by atoms with van der Waals surface area (Å²) in [5, 5.41) is 17.5. The first kappa shape index (κ1) is 15.3. The zero-order valence-corrected chi connectivity index (χ0v) is 11.1. The van der Waals surface area contributed by atoms with Crippen LogP contribution in [-0.4, -0.2) is 24.2 Å². The topological polar surface area (TPSA) is 64.3 Å². The molecule has 0 saturated carbocycles. The lowest BCUT2D eigenvalue weighted by Crippen LogP contribution is -2.22. The Labute approximate surface area is 118 Å². The second-order valence-corrected chi connectivity index (χ2v) is 4.05. The molecule has 0 amide bonds. The molecule has 1 rings (SSSR count). The summed E-state index contributed by atoms with van der Waals surface area (Å²) < 4.78 is 0. The number of benzene rings is 1. The predicted molar refractivity (Wildman–Crippen MR) is 80.3 cm³/mol. The van der Waals surface area contributed by atoms with Crippen LogP contribution in [0.3, 0.4) is 0 Å². The van der Waals surface area contributed by atoms with Gasteiger partial charge in [-0.2, -0.15) is 5.26 Å². The molecular formula is C16H16N2O2. The fourth-order valence-electron chi connectivity index (χ4n) is 1.69. The van der Waals surface area contributed by atoms with Crippen LogP contribution in [0, 0.1) is 11.3 Å². The first-order valence-corrected chi connectivity index (χ1v) is 6.04. The third-order valence-electron chi connectivity index (χ3n) is 2.62. The van der Waals surface area contributed by atoms with Gasteiger partial charge in [-0.05, 0) is 23.8 Å². The van der Waals surface area contributed by atoms with Gasteiger partial charge in [0.05, 0.1) is 0 Å². The van der Waals surface area contributed by atoms with Crippen LogP contribution in [-0.2, 0) is 4.79 Å². The molecule has 0 aliphatic heterocycles. The minimum Gasteiger partial charge on any atom is -0.477 e. The number of nitriles is 1. The Morgan fingerprint density at radius 2 is 1.80 bits per heavy atom. The summed E-state index contributed by atoms with van der Waals surface area (Å²) in [5.41, 5.74) is 1.37. The maximum Gasteiger partial charge on any atom is 0.346 e. The van der Waals surface area contributed by atoms with E-state index in [1.165, 1.54) is 6.08 Å². The number of carboxylic acid groups (broad SMARTS) is 1. The number of hydrogen-bond acceptors (Lipinski definition) is 3.